The predicted molar refractivity (Wildman–Crippen MR) is 236 cm³/mol. The number of fused-ring (bicyclic) bond motifs is 3. The molecule has 1 aromatic heterocycles. The van der Waals surface area contributed by atoms with Crippen LogP contribution >= 0.6 is 0 Å². The average Bonchev–Trinajstić information content (AvgIpc) is 3.66. The highest BCUT2D eigenvalue weighted by atomic mass is 16.3. The van der Waals surface area contributed by atoms with Gasteiger partial charge in [0.25, 0.3) is 0 Å². The van der Waals surface area contributed by atoms with Crippen molar-refractivity contribution in [2.45, 2.75) is 12.8 Å². The molecule has 0 N–H and O–H groups in total. The smallest absolute Gasteiger partial charge is 0.143 e. The fourth-order valence-corrected chi connectivity index (χ4v) is 8.14. The Morgan fingerprint density at radius 2 is 0.982 bits per heavy atom. The normalized spacial score (nSPS) is 12.7. The summed E-state index contributed by atoms with van der Waals surface area (Å²) in [6, 6.07) is 71.7. The van der Waals surface area contributed by atoms with Gasteiger partial charge in [-0.1, -0.05) is 158 Å². The Bertz CT molecular complexity index is 2880. The number of allylic oxidation sites excluding steroid dienone is 4. The van der Waals surface area contributed by atoms with Gasteiger partial charge in [0.2, 0.25) is 0 Å². The SMILES string of the molecule is C1=C(c2ccccc2)C=C(N(c2ccc(-c3cccc(-c4cc(-c5ccccc5)c5oc6ccccc6c5c4)c3)cc2)c2cccc(-c3ccccc3)c2)CC1. The Morgan fingerprint density at radius 1 is 0.393 bits per heavy atom. The summed E-state index contributed by atoms with van der Waals surface area (Å²) in [6.07, 6.45) is 6.68. The van der Waals surface area contributed by atoms with Gasteiger partial charge in [-0.3, -0.25) is 0 Å². The summed E-state index contributed by atoms with van der Waals surface area (Å²) in [5.41, 5.74) is 17.2. The van der Waals surface area contributed by atoms with Crippen LogP contribution in [0.1, 0.15) is 18.4 Å². The van der Waals surface area contributed by atoms with Crippen LogP contribution in [0.25, 0.3) is 72.0 Å². The van der Waals surface area contributed by atoms with Crippen molar-refractivity contribution >= 4 is 38.9 Å². The molecular weight excluding hydrogens is 679 g/mol. The molecule has 0 radical (unpaired) electrons. The molecule has 2 nitrogen and oxygen atoms in total. The lowest BCUT2D eigenvalue weighted by Crippen LogP contribution is -2.18. The van der Waals surface area contributed by atoms with E-state index in [0.717, 1.165) is 62.8 Å². The maximum absolute atomic E-state index is 6.47. The second-order valence-corrected chi connectivity index (χ2v) is 14.4. The fourth-order valence-electron chi connectivity index (χ4n) is 8.14. The molecule has 1 aliphatic rings. The Labute approximate surface area is 327 Å². The number of nitrogens with zero attached hydrogens (tertiary/aromatic N) is 1. The molecular formula is C54H39NO. The van der Waals surface area contributed by atoms with E-state index in [1.807, 2.05) is 6.07 Å². The van der Waals surface area contributed by atoms with Crippen LogP contribution in [-0.2, 0) is 0 Å². The van der Waals surface area contributed by atoms with E-state index < -0.39 is 0 Å². The minimum absolute atomic E-state index is 0.905. The number of para-hydroxylation sites is 1. The summed E-state index contributed by atoms with van der Waals surface area (Å²) < 4.78 is 6.47. The maximum atomic E-state index is 6.47. The molecule has 56 heavy (non-hydrogen) atoms. The highest BCUT2D eigenvalue weighted by Crippen LogP contribution is 2.41. The average molecular weight is 718 g/mol. The second-order valence-electron chi connectivity index (χ2n) is 14.4. The van der Waals surface area contributed by atoms with Crippen molar-refractivity contribution in [3.05, 3.63) is 224 Å². The van der Waals surface area contributed by atoms with Gasteiger partial charge in [-0.25, -0.2) is 0 Å². The van der Waals surface area contributed by atoms with Crippen LogP contribution in [-0.4, -0.2) is 0 Å². The third kappa shape index (κ3) is 6.42. The monoisotopic (exact) mass is 717 g/mol. The molecule has 266 valence electrons. The summed E-state index contributed by atoms with van der Waals surface area (Å²) in [5.74, 6) is 0. The first-order valence-corrected chi connectivity index (χ1v) is 19.4. The first kappa shape index (κ1) is 33.4. The van der Waals surface area contributed by atoms with Crippen molar-refractivity contribution < 1.29 is 4.42 Å². The van der Waals surface area contributed by atoms with Crippen LogP contribution in [0.5, 0.6) is 0 Å². The molecule has 8 aromatic carbocycles. The van der Waals surface area contributed by atoms with E-state index in [1.54, 1.807) is 0 Å². The Morgan fingerprint density at radius 3 is 1.73 bits per heavy atom. The highest BCUT2D eigenvalue weighted by Gasteiger charge is 2.20. The second kappa shape index (κ2) is 14.6. The molecule has 0 spiro atoms. The van der Waals surface area contributed by atoms with Gasteiger partial charge in [-0.05, 0) is 118 Å². The predicted octanol–water partition coefficient (Wildman–Crippen LogP) is 15.2. The van der Waals surface area contributed by atoms with Crippen molar-refractivity contribution in [2.24, 2.45) is 0 Å². The third-order valence-electron chi connectivity index (χ3n) is 10.9. The number of hydrogen-bond acceptors (Lipinski definition) is 2. The number of benzene rings is 8. The number of rotatable bonds is 8. The summed E-state index contributed by atoms with van der Waals surface area (Å²) >= 11 is 0. The number of furan rings is 1. The molecule has 10 rings (SSSR count). The number of anilines is 2. The van der Waals surface area contributed by atoms with E-state index in [9.17, 15) is 0 Å². The van der Waals surface area contributed by atoms with E-state index >= 15 is 0 Å². The van der Waals surface area contributed by atoms with Gasteiger partial charge in [0.1, 0.15) is 11.2 Å². The molecule has 2 heteroatoms. The zero-order valence-electron chi connectivity index (χ0n) is 31.0. The Balaban J connectivity index is 1.04. The topological polar surface area (TPSA) is 16.4 Å². The van der Waals surface area contributed by atoms with Crippen molar-refractivity contribution in [1.82, 2.24) is 0 Å². The van der Waals surface area contributed by atoms with Crippen LogP contribution in [0.3, 0.4) is 0 Å². The molecule has 9 aromatic rings. The van der Waals surface area contributed by atoms with Crippen LogP contribution < -0.4 is 4.90 Å². The zero-order chi connectivity index (χ0) is 37.3. The van der Waals surface area contributed by atoms with Gasteiger partial charge in [-0.2, -0.15) is 0 Å². The summed E-state index contributed by atoms with van der Waals surface area (Å²) in [4.78, 5) is 2.44. The summed E-state index contributed by atoms with van der Waals surface area (Å²) in [7, 11) is 0. The molecule has 0 bridgehead atoms. The van der Waals surface area contributed by atoms with E-state index in [-0.39, 0.29) is 0 Å². The van der Waals surface area contributed by atoms with Crippen LogP contribution in [0.4, 0.5) is 11.4 Å². The van der Waals surface area contributed by atoms with Crippen molar-refractivity contribution in [3.63, 3.8) is 0 Å². The summed E-state index contributed by atoms with van der Waals surface area (Å²) in [5, 5.41) is 2.26. The molecule has 0 amide bonds. The van der Waals surface area contributed by atoms with Gasteiger partial charge < -0.3 is 9.32 Å². The molecule has 1 aliphatic carbocycles. The van der Waals surface area contributed by atoms with Crippen molar-refractivity contribution in [3.8, 4) is 44.5 Å². The van der Waals surface area contributed by atoms with Crippen LogP contribution in [0.2, 0.25) is 0 Å². The molecule has 0 unspecified atom stereocenters. The molecule has 0 saturated carbocycles. The molecule has 1 heterocycles. The lowest BCUT2D eigenvalue weighted by Gasteiger charge is -2.30. The molecule has 0 saturated heterocycles. The van der Waals surface area contributed by atoms with E-state index in [2.05, 4.69) is 211 Å². The van der Waals surface area contributed by atoms with Crippen molar-refractivity contribution in [1.29, 1.82) is 0 Å². The van der Waals surface area contributed by atoms with Crippen molar-refractivity contribution in [2.75, 3.05) is 4.90 Å². The maximum Gasteiger partial charge on any atom is 0.143 e. The molecule has 0 atom stereocenters. The van der Waals surface area contributed by atoms with Gasteiger partial charge in [-0.15, -0.1) is 0 Å². The molecule has 0 aliphatic heterocycles. The molecule has 0 fully saturated rings. The third-order valence-corrected chi connectivity index (χ3v) is 10.9. The zero-order valence-corrected chi connectivity index (χ0v) is 31.0. The quantitative estimate of drug-likeness (QED) is 0.156. The summed E-state index contributed by atoms with van der Waals surface area (Å²) in [6.45, 7) is 0. The van der Waals surface area contributed by atoms with Gasteiger partial charge in [0, 0.05) is 33.4 Å². The van der Waals surface area contributed by atoms with Gasteiger partial charge in [0.05, 0.1) is 0 Å². The minimum atomic E-state index is 0.905. The van der Waals surface area contributed by atoms with E-state index in [1.165, 1.54) is 44.7 Å². The van der Waals surface area contributed by atoms with Gasteiger partial charge >= 0.3 is 0 Å². The largest absolute Gasteiger partial charge is 0.455 e. The standard InChI is InChI=1S/C54H39NO/c1-4-15-38(16-5-1)44-23-13-25-48(34-44)55(49-26-14-24-45(35-49)39-17-6-2-7-18-39)47-31-29-40(30-32-47)42-21-12-22-43(33-42)46-36-51(41-19-8-3-9-20-41)54-52(37-46)50-27-10-11-28-53(50)56-54/h1-13,15-25,27-37H,14,26H2. The minimum Gasteiger partial charge on any atom is -0.455 e. The van der Waals surface area contributed by atoms with Gasteiger partial charge in [0.15, 0.2) is 0 Å². The van der Waals surface area contributed by atoms with E-state index in [4.69, 9.17) is 4.42 Å². The van der Waals surface area contributed by atoms with E-state index in [0.29, 0.717) is 0 Å². The Hall–Kier alpha value is -7.16. The first-order chi connectivity index (χ1) is 27.7. The Kier molecular flexibility index (Phi) is 8.70. The van der Waals surface area contributed by atoms with Crippen LogP contribution in [0, 0.1) is 0 Å². The number of hydrogen-bond donors (Lipinski definition) is 0. The highest BCUT2D eigenvalue weighted by molar-refractivity contribution is 6.11. The lowest BCUT2D eigenvalue weighted by atomic mass is 9.94. The fraction of sp³-hybridized carbons (Fsp3) is 0.0370. The first-order valence-electron chi connectivity index (χ1n) is 19.4. The lowest BCUT2D eigenvalue weighted by molar-refractivity contribution is 0.670. The van der Waals surface area contributed by atoms with Crippen LogP contribution in [0.15, 0.2) is 222 Å².